The Morgan fingerprint density at radius 3 is 1.35 bits per heavy atom. The second-order valence-electron chi connectivity index (χ2n) is 8.25. The molecule has 0 aliphatic heterocycles. The summed E-state index contributed by atoms with van der Waals surface area (Å²) in [6, 6.07) is 19.7. The normalized spacial score (nSPS) is 11.4. The Morgan fingerprint density at radius 2 is 0.973 bits per heavy atom. The van der Waals surface area contributed by atoms with Crippen LogP contribution in [0.25, 0.3) is 50.4 Å². The van der Waals surface area contributed by atoms with E-state index >= 15 is 0 Å². The second-order valence-corrected chi connectivity index (χ2v) is 36.0. The summed E-state index contributed by atoms with van der Waals surface area (Å²) in [7, 11) is 0. The number of hydrogen-bond donors (Lipinski definition) is 1. The van der Waals surface area contributed by atoms with Gasteiger partial charge in [-0.3, -0.25) is 0 Å². The minimum absolute atomic E-state index is 0.680. The van der Waals surface area contributed by atoms with E-state index in [4.69, 9.17) is 15.0 Å². The van der Waals surface area contributed by atoms with Gasteiger partial charge in [0.15, 0.2) is 0 Å². The van der Waals surface area contributed by atoms with Crippen molar-refractivity contribution in [3.8, 4) is 0 Å². The molecule has 3 aromatic carbocycles. The molecule has 0 fully saturated rings. The fourth-order valence-corrected chi connectivity index (χ4v) is 7.83. The first kappa shape index (κ1) is 27.3. The predicted octanol–water partition coefficient (Wildman–Crippen LogP) is 2.56. The summed E-state index contributed by atoms with van der Waals surface area (Å²) in [5.41, 5.74) is 9.76. The number of anilines is 3. The summed E-state index contributed by atoms with van der Waals surface area (Å²) in [6.45, 7) is 4.00. The van der Waals surface area contributed by atoms with Gasteiger partial charge in [0.2, 0.25) is 0 Å². The number of aromatic nitrogens is 6. The molecule has 0 saturated carbocycles. The van der Waals surface area contributed by atoms with Gasteiger partial charge in [-0.05, 0) is 0 Å². The monoisotopic (exact) mass is 1440 g/mol. The average molecular weight is 1440 g/mol. The van der Waals surface area contributed by atoms with Gasteiger partial charge in [-0.15, -0.1) is 0 Å². The third-order valence-corrected chi connectivity index (χ3v) is 12.2. The molecule has 9 nitrogen and oxygen atoms in total. The van der Waals surface area contributed by atoms with Crippen LogP contribution in [0.4, 0.5) is 17.1 Å². The van der Waals surface area contributed by atoms with Gasteiger partial charge < -0.3 is 0 Å². The van der Waals surface area contributed by atoms with Crippen LogP contribution in [-0.4, -0.2) is 158 Å². The number of nitrogens with zero attached hydrogens (tertiary/aromatic N) is 8. The molecule has 37 heavy (non-hydrogen) atoms. The van der Waals surface area contributed by atoms with Crippen molar-refractivity contribution in [1.82, 2.24) is 28.2 Å². The Kier molecular flexibility index (Phi) is 7.97. The van der Waals surface area contributed by atoms with Crippen LogP contribution in [0, 0.1) is 0 Å². The summed E-state index contributed by atoms with van der Waals surface area (Å²) in [6.07, 6.45) is 0. The molecule has 0 aliphatic carbocycles. The van der Waals surface area contributed by atoms with E-state index < -0.39 is 0 Å². The van der Waals surface area contributed by atoms with Crippen LogP contribution in [0.3, 0.4) is 0 Å². The third-order valence-electron chi connectivity index (χ3n) is 6.24. The van der Waals surface area contributed by atoms with Gasteiger partial charge in [-0.2, -0.15) is 0 Å². The van der Waals surface area contributed by atoms with E-state index in [9.17, 15) is 0 Å². The Hall–Kier alpha value is 0.0804. The quantitative estimate of drug-likeness (QED) is 0.275. The zero-order chi connectivity index (χ0) is 26.0. The maximum atomic E-state index is 5.16. The molecule has 168 valence electrons. The first-order valence-electron chi connectivity index (χ1n) is 11.6. The van der Waals surface area contributed by atoms with E-state index in [0.29, 0.717) is 26.1 Å². The van der Waals surface area contributed by atoms with Crippen molar-refractivity contribution in [2.75, 3.05) is 4.16 Å². The van der Waals surface area contributed by atoms with Crippen LogP contribution in [0.2, 0.25) is 0 Å². The van der Waals surface area contributed by atoms with Crippen molar-refractivity contribution in [3.05, 3.63) is 54.6 Å². The van der Waals surface area contributed by atoms with Crippen LogP contribution in [0.1, 0.15) is 13.8 Å². The topological polar surface area (TPSA) is 70.4 Å². The Bertz CT molecular complexity index is 1960. The number of benzene rings is 3. The molecule has 4 heterocycles. The maximum absolute atomic E-state index is 5.16. The average Bonchev–Trinajstić information content (AvgIpc) is 3.58. The van der Waals surface area contributed by atoms with Crippen molar-refractivity contribution in [2.24, 2.45) is 0 Å². The number of hydrogen-bond acceptors (Lipinski definition) is 6. The summed E-state index contributed by atoms with van der Waals surface area (Å²) >= 11 is 3.89. The zero-order valence-electron chi connectivity index (χ0n) is 20.2. The van der Waals surface area contributed by atoms with Gasteiger partial charge in [0.25, 0.3) is 0 Å². The standard InChI is InChI=1S/C21H10N9.C2H6.5Tl/c22-10-1-4-16-13(7-10)25-19-28(16)20-26-14-8-11(23)2-5-17(14)30(20)21-27-15-9-12(24)3-6-18(15)29(19)21;1-2;;;;;/h1-9,22H;1-2H3;;;;;/q-1;;;;;;+1. The van der Waals surface area contributed by atoms with Gasteiger partial charge in [0, 0.05) is 0 Å². The SMILES string of the molecule is CC.[Tl][NH]c1ccc2c(c1)nc1n2c2nc3cc([N]([Tl])[Tl])ccc3n2c2nc3cc([N]([Tl])[Tl])ccc3n12. The number of imidazole rings is 3. The Morgan fingerprint density at radius 1 is 0.595 bits per heavy atom. The molecule has 1 N–H and O–H groups in total. The molecule has 7 rings (SSSR count). The molecule has 0 saturated heterocycles. The van der Waals surface area contributed by atoms with Crippen LogP contribution in [0.5, 0.6) is 0 Å². The van der Waals surface area contributed by atoms with Gasteiger partial charge in [-0.1, -0.05) is 13.8 Å². The minimum atomic E-state index is 0.680. The van der Waals surface area contributed by atoms with Crippen molar-refractivity contribution in [1.29, 1.82) is 0 Å². The molecule has 0 unspecified atom stereocenters. The van der Waals surface area contributed by atoms with Crippen LogP contribution >= 0.6 is 0 Å². The van der Waals surface area contributed by atoms with Crippen molar-refractivity contribution in [2.45, 2.75) is 13.8 Å². The first-order valence-corrected chi connectivity index (χ1v) is 21.9. The zero-order valence-corrected chi connectivity index (χ0v) is 42.6. The molecule has 7 aromatic rings. The van der Waals surface area contributed by atoms with Crippen molar-refractivity contribution >= 4 is 198 Å². The van der Waals surface area contributed by atoms with Gasteiger partial charge >= 0.3 is 285 Å². The number of nitrogens with one attached hydrogen (secondary N) is 1. The second kappa shape index (κ2) is 10.8. The van der Waals surface area contributed by atoms with E-state index in [-0.39, 0.29) is 0 Å². The fraction of sp³-hybridized carbons (Fsp3) is 0.0870. The first-order chi connectivity index (χ1) is 17.9. The number of rotatable bonds is 3. The molecule has 0 spiro atoms. The van der Waals surface area contributed by atoms with Crippen LogP contribution < -0.4 is 4.16 Å². The fourth-order valence-electron chi connectivity index (χ4n) is 4.63. The van der Waals surface area contributed by atoms with Gasteiger partial charge in [0.1, 0.15) is 0 Å². The van der Waals surface area contributed by atoms with E-state index in [2.05, 4.69) is 72.0 Å². The molecule has 0 amide bonds. The van der Waals surface area contributed by atoms with Gasteiger partial charge in [-0.25, -0.2) is 0 Å². The molecular weight excluding hydrogens is 1420 g/mol. The van der Waals surface area contributed by atoms with Gasteiger partial charge in [0.05, 0.1) is 0 Å². The Labute approximate surface area is 293 Å². The van der Waals surface area contributed by atoms with Crippen molar-refractivity contribution in [3.63, 3.8) is 0 Å². The summed E-state index contributed by atoms with van der Waals surface area (Å²) in [4.78, 5) is 15.4. The van der Waals surface area contributed by atoms with E-state index in [1.54, 1.807) is 0 Å². The molecule has 0 bridgehead atoms. The number of fused-ring (bicyclic) bond motifs is 12. The van der Waals surface area contributed by atoms with Crippen molar-refractivity contribution < 1.29 is 0 Å². The molecular formula is C23H16N9Tl5. The predicted molar refractivity (Wildman–Crippen MR) is 154 cm³/mol. The van der Waals surface area contributed by atoms with Crippen LogP contribution in [-0.2, 0) is 0 Å². The van der Waals surface area contributed by atoms with E-state index in [1.165, 1.54) is 11.4 Å². The molecule has 0 radical (unpaired) electrons. The summed E-state index contributed by atoms with van der Waals surface area (Å²) in [5.74, 6) is 2.54. The molecule has 4 aromatic heterocycles. The third kappa shape index (κ3) is 4.45. The van der Waals surface area contributed by atoms with Crippen LogP contribution in [0.15, 0.2) is 54.6 Å². The molecule has 0 aliphatic rings. The summed E-state index contributed by atoms with van der Waals surface area (Å²) in [5, 5.41) is 0. The molecule has 14 heteroatoms. The van der Waals surface area contributed by atoms with E-state index in [0.717, 1.165) is 160 Å². The molecule has 0 atom stereocenters. The summed E-state index contributed by atoms with van der Waals surface area (Å²) < 4.78 is 14.9. The van der Waals surface area contributed by atoms with E-state index in [1.807, 2.05) is 13.8 Å². The Balaban J connectivity index is 0.00000123.